The molecular weight excluding hydrogens is 280 g/mol. The SMILES string of the molecule is O=C(NCC1(C(=O)O)CC1)C1CC1c1ccc(F)cc1F. The third kappa shape index (κ3) is 2.62. The normalized spacial score (nSPS) is 25.2. The van der Waals surface area contributed by atoms with Crippen LogP contribution in [0.4, 0.5) is 8.78 Å². The molecule has 2 atom stereocenters. The number of halogens is 2. The third-order valence-corrected chi connectivity index (χ3v) is 4.40. The van der Waals surface area contributed by atoms with Gasteiger partial charge in [-0.3, -0.25) is 9.59 Å². The van der Waals surface area contributed by atoms with Crippen LogP contribution in [-0.2, 0) is 9.59 Å². The summed E-state index contributed by atoms with van der Waals surface area (Å²) in [6.07, 6.45) is 1.65. The van der Waals surface area contributed by atoms with Gasteiger partial charge in [-0.2, -0.15) is 0 Å². The van der Waals surface area contributed by atoms with Crippen LogP contribution in [0, 0.1) is 23.0 Å². The zero-order valence-corrected chi connectivity index (χ0v) is 11.2. The Bertz CT molecular complexity index is 613. The summed E-state index contributed by atoms with van der Waals surface area (Å²) in [4.78, 5) is 23.0. The lowest BCUT2D eigenvalue weighted by Crippen LogP contribution is -2.35. The fraction of sp³-hybridized carbons (Fsp3) is 0.467. The Morgan fingerprint density at radius 3 is 2.62 bits per heavy atom. The summed E-state index contributed by atoms with van der Waals surface area (Å²) in [5.41, 5.74) is -0.461. The molecule has 0 heterocycles. The maximum absolute atomic E-state index is 13.6. The number of carboxylic acids is 1. The molecule has 4 nitrogen and oxygen atoms in total. The van der Waals surface area contributed by atoms with Crippen molar-refractivity contribution in [2.75, 3.05) is 6.54 Å². The van der Waals surface area contributed by atoms with Crippen molar-refractivity contribution in [2.24, 2.45) is 11.3 Å². The van der Waals surface area contributed by atoms with Crippen LogP contribution in [0.15, 0.2) is 18.2 Å². The van der Waals surface area contributed by atoms with Crippen molar-refractivity contribution in [3.05, 3.63) is 35.4 Å². The zero-order chi connectivity index (χ0) is 15.2. The van der Waals surface area contributed by atoms with Gasteiger partial charge < -0.3 is 10.4 Å². The van der Waals surface area contributed by atoms with E-state index in [-0.39, 0.29) is 24.3 Å². The highest BCUT2D eigenvalue weighted by Crippen LogP contribution is 2.49. The molecule has 2 saturated carbocycles. The number of hydrogen-bond acceptors (Lipinski definition) is 2. The van der Waals surface area contributed by atoms with Crippen LogP contribution < -0.4 is 5.32 Å². The van der Waals surface area contributed by atoms with Gasteiger partial charge in [-0.15, -0.1) is 0 Å². The number of hydrogen-bond donors (Lipinski definition) is 2. The lowest BCUT2D eigenvalue weighted by atomic mass is 10.1. The van der Waals surface area contributed by atoms with Gasteiger partial charge in [-0.05, 0) is 36.8 Å². The first-order valence-corrected chi connectivity index (χ1v) is 6.89. The van der Waals surface area contributed by atoms with Gasteiger partial charge in [-0.25, -0.2) is 8.78 Å². The van der Waals surface area contributed by atoms with Crippen molar-refractivity contribution >= 4 is 11.9 Å². The predicted octanol–water partition coefficient (Wildman–Crippen LogP) is 2.05. The number of nitrogens with one attached hydrogen (secondary N) is 1. The zero-order valence-electron chi connectivity index (χ0n) is 11.2. The molecule has 1 aromatic rings. The monoisotopic (exact) mass is 295 g/mol. The molecule has 2 N–H and O–H groups in total. The van der Waals surface area contributed by atoms with Gasteiger partial charge in [0.25, 0.3) is 0 Å². The fourth-order valence-corrected chi connectivity index (χ4v) is 2.64. The second-order valence-corrected chi connectivity index (χ2v) is 5.92. The Morgan fingerprint density at radius 1 is 1.33 bits per heavy atom. The number of rotatable bonds is 5. The molecule has 2 unspecified atom stereocenters. The first-order chi connectivity index (χ1) is 9.93. The number of carbonyl (C=O) groups excluding carboxylic acids is 1. The molecule has 0 radical (unpaired) electrons. The van der Waals surface area contributed by atoms with Crippen LogP contribution in [-0.4, -0.2) is 23.5 Å². The number of carboxylic acid groups (broad SMARTS) is 1. The van der Waals surface area contributed by atoms with E-state index in [0.717, 1.165) is 6.07 Å². The van der Waals surface area contributed by atoms with Gasteiger partial charge >= 0.3 is 5.97 Å². The highest BCUT2D eigenvalue weighted by Gasteiger charge is 2.51. The Labute approximate surface area is 120 Å². The molecule has 1 amide bonds. The second-order valence-electron chi connectivity index (χ2n) is 5.92. The summed E-state index contributed by atoms with van der Waals surface area (Å²) >= 11 is 0. The highest BCUT2D eigenvalue weighted by molar-refractivity contribution is 5.84. The van der Waals surface area contributed by atoms with Crippen LogP contribution in [0.25, 0.3) is 0 Å². The van der Waals surface area contributed by atoms with Crippen molar-refractivity contribution in [3.8, 4) is 0 Å². The first-order valence-electron chi connectivity index (χ1n) is 6.89. The summed E-state index contributed by atoms with van der Waals surface area (Å²) in [5.74, 6) is -3.02. The molecule has 6 heteroatoms. The molecule has 1 aromatic carbocycles. The predicted molar refractivity (Wildman–Crippen MR) is 69.5 cm³/mol. The molecule has 0 aromatic heterocycles. The van der Waals surface area contributed by atoms with E-state index in [1.54, 1.807) is 0 Å². The van der Waals surface area contributed by atoms with Crippen LogP contribution in [0.1, 0.15) is 30.7 Å². The molecule has 2 fully saturated rings. The second kappa shape index (κ2) is 4.79. The first kappa shape index (κ1) is 14.0. The summed E-state index contributed by atoms with van der Waals surface area (Å²) in [5, 5.41) is 11.7. The van der Waals surface area contributed by atoms with E-state index < -0.39 is 23.0 Å². The summed E-state index contributed by atoms with van der Waals surface area (Å²) in [7, 11) is 0. The topological polar surface area (TPSA) is 66.4 Å². The van der Waals surface area contributed by atoms with E-state index in [2.05, 4.69) is 5.32 Å². The fourth-order valence-electron chi connectivity index (χ4n) is 2.64. The molecular formula is C15H15F2NO3. The van der Waals surface area contributed by atoms with Gasteiger partial charge in [0.15, 0.2) is 0 Å². The maximum Gasteiger partial charge on any atom is 0.311 e. The van der Waals surface area contributed by atoms with E-state index in [1.165, 1.54) is 12.1 Å². The van der Waals surface area contributed by atoms with Gasteiger partial charge in [0.1, 0.15) is 11.6 Å². The van der Waals surface area contributed by atoms with Crippen LogP contribution in [0.3, 0.4) is 0 Å². The molecule has 0 aliphatic heterocycles. The quantitative estimate of drug-likeness (QED) is 0.873. The standard InChI is InChI=1S/C15H15F2NO3/c16-8-1-2-9(12(17)5-8)10-6-11(10)13(19)18-7-15(3-4-15)14(20)21/h1-2,5,10-11H,3-4,6-7H2,(H,18,19)(H,20,21). The third-order valence-electron chi connectivity index (χ3n) is 4.40. The van der Waals surface area contributed by atoms with Crippen LogP contribution in [0.5, 0.6) is 0 Å². The van der Waals surface area contributed by atoms with E-state index in [9.17, 15) is 18.4 Å². The molecule has 2 aliphatic carbocycles. The minimum atomic E-state index is -0.889. The minimum absolute atomic E-state index is 0.121. The van der Waals surface area contributed by atoms with Gasteiger partial charge in [0.2, 0.25) is 5.91 Å². The molecule has 0 spiro atoms. The number of carbonyl (C=O) groups is 2. The average molecular weight is 295 g/mol. The smallest absolute Gasteiger partial charge is 0.311 e. The van der Waals surface area contributed by atoms with Gasteiger partial charge in [0.05, 0.1) is 5.41 Å². The maximum atomic E-state index is 13.6. The summed E-state index contributed by atoms with van der Waals surface area (Å²) in [6, 6.07) is 3.35. The minimum Gasteiger partial charge on any atom is -0.481 e. The number of amides is 1. The van der Waals surface area contributed by atoms with E-state index in [0.29, 0.717) is 24.8 Å². The molecule has 0 saturated heterocycles. The number of benzene rings is 1. The Kier molecular flexibility index (Phi) is 3.19. The Hall–Kier alpha value is -1.98. The van der Waals surface area contributed by atoms with Crippen molar-refractivity contribution < 1.29 is 23.5 Å². The van der Waals surface area contributed by atoms with E-state index in [1.807, 2.05) is 0 Å². The van der Waals surface area contributed by atoms with Gasteiger partial charge in [0, 0.05) is 18.5 Å². The highest BCUT2D eigenvalue weighted by atomic mass is 19.1. The van der Waals surface area contributed by atoms with Crippen LogP contribution in [0.2, 0.25) is 0 Å². The van der Waals surface area contributed by atoms with Gasteiger partial charge in [-0.1, -0.05) is 6.07 Å². The molecule has 3 rings (SSSR count). The lowest BCUT2D eigenvalue weighted by molar-refractivity contribution is -0.143. The van der Waals surface area contributed by atoms with Crippen molar-refractivity contribution in [1.29, 1.82) is 0 Å². The molecule has 112 valence electrons. The molecule has 2 aliphatic rings. The summed E-state index contributed by atoms with van der Waals surface area (Å²) in [6.45, 7) is 0.121. The van der Waals surface area contributed by atoms with E-state index >= 15 is 0 Å². The Balaban J connectivity index is 1.57. The molecule has 0 bridgehead atoms. The summed E-state index contributed by atoms with van der Waals surface area (Å²) < 4.78 is 26.5. The average Bonchev–Trinajstić information content (AvgIpc) is 3.30. The Morgan fingerprint density at radius 2 is 2.05 bits per heavy atom. The molecule has 21 heavy (non-hydrogen) atoms. The van der Waals surface area contributed by atoms with Crippen molar-refractivity contribution in [1.82, 2.24) is 5.32 Å². The van der Waals surface area contributed by atoms with Crippen molar-refractivity contribution in [3.63, 3.8) is 0 Å². The lowest BCUT2D eigenvalue weighted by Gasteiger charge is -2.11. The van der Waals surface area contributed by atoms with E-state index in [4.69, 9.17) is 5.11 Å². The van der Waals surface area contributed by atoms with Crippen molar-refractivity contribution in [2.45, 2.75) is 25.2 Å². The van der Waals surface area contributed by atoms with Crippen LogP contribution >= 0.6 is 0 Å². The number of aliphatic carboxylic acids is 1. The largest absolute Gasteiger partial charge is 0.481 e.